The summed E-state index contributed by atoms with van der Waals surface area (Å²) >= 11 is 0. The highest BCUT2D eigenvalue weighted by molar-refractivity contribution is 5.97. The van der Waals surface area contributed by atoms with Gasteiger partial charge in [0.1, 0.15) is 12.2 Å². The second kappa shape index (κ2) is 8.97. The topological polar surface area (TPSA) is 72.9 Å². The van der Waals surface area contributed by atoms with Crippen molar-refractivity contribution in [2.75, 3.05) is 6.61 Å². The molecule has 6 nitrogen and oxygen atoms in total. The van der Waals surface area contributed by atoms with Gasteiger partial charge in [-0.15, -0.1) is 0 Å². The van der Waals surface area contributed by atoms with Crippen LogP contribution in [0.4, 0.5) is 4.79 Å². The fourth-order valence-corrected chi connectivity index (χ4v) is 3.62. The Morgan fingerprint density at radius 3 is 2.45 bits per heavy atom. The van der Waals surface area contributed by atoms with Crippen LogP contribution < -0.4 is 0 Å². The second-order valence-corrected chi connectivity index (χ2v) is 8.75. The minimum Gasteiger partial charge on any atom is -0.460 e. The average molecular weight is 404 g/mol. The van der Waals surface area contributed by atoms with Crippen molar-refractivity contribution in [2.45, 2.75) is 85.3 Å². The summed E-state index contributed by atoms with van der Waals surface area (Å²) in [6.45, 7) is 13.6. The van der Waals surface area contributed by atoms with Gasteiger partial charge in [-0.1, -0.05) is 19.1 Å². The summed E-state index contributed by atoms with van der Waals surface area (Å²) in [4.78, 5) is 39.2. The van der Waals surface area contributed by atoms with E-state index >= 15 is 0 Å². The Kier molecular flexibility index (Phi) is 7.09. The zero-order valence-electron chi connectivity index (χ0n) is 18.6. The predicted molar refractivity (Wildman–Crippen MR) is 111 cm³/mol. The molecule has 2 rings (SSSR count). The molecule has 1 aliphatic rings. The first-order valence-electron chi connectivity index (χ1n) is 10.2. The number of carbonyl (C=O) groups excluding carboxylic acids is 3. The van der Waals surface area contributed by atoms with Crippen molar-refractivity contribution in [3.05, 3.63) is 34.4 Å². The normalized spacial score (nSPS) is 17.8. The van der Waals surface area contributed by atoms with Crippen LogP contribution in [-0.4, -0.2) is 41.1 Å². The molecule has 0 saturated carbocycles. The van der Waals surface area contributed by atoms with E-state index < -0.39 is 17.6 Å². The number of ether oxygens (including phenoxy) is 2. The first-order valence-corrected chi connectivity index (χ1v) is 10.2. The standard InChI is InChI=1S/C23H33NO5/c1-8-17-13-28-22(27)24(17)21(26)19(11-12-20(25)29-23(5,6)7)18-10-9-14(2)15(3)16(18)4/h9-10,17,19H,8,11-13H2,1-7H3/t17-,19-/m0/s1. The van der Waals surface area contributed by atoms with Crippen molar-refractivity contribution in [1.82, 2.24) is 4.90 Å². The lowest BCUT2D eigenvalue weighted by Gasteiger charge is -2.27. The molecule has 2 amide bonds. The van der Waals surface area contributed by atoms with E-state index in [-0.39, 0.29) is 37.4 Å². The predicted octanol–water partition coefficient (Wildman–Crippen LogP) is 4.57. The number of rotatable bonds is 6. The Hall–Kier alpha value is -2.37. The smallest absolute Gasteiger partial charge is 0.416 e. The number of hydrogen-bond acceptors (Lipinski definition) is 5. The third kappa shape index (κ3) is 5.37. The third-order valence-electron chi connectivity index (χ3n) is 5.50. The van der Waals surface area contributed by atoms with Gasteiger partial charge in [0.2, 0.25) is 5.91 Å². The number of aryl methyl sites for hydroxylation is 1. The fraction of sp³-hybridized carbons (Fsp3) is 0.609. The Bertz CT molecular complexity index is 793. The first kappa shape index (κ1) is 22.9. The maximum absolute atomic E-state index is 13.4. The molecule has 1 fully saturated rings. The van der Waals surface area contributed by atoms with Crippen LogP contribution in [-0.2, 0) is 19.1 Å². The van der Waals surface area contributed by atoms with Gasteiger partial charge < -0.3 is 9.47 Å². The highest BCUT2D eigenvalue weighted by Gasteiger charge is 2.41. The van der Waals surface area contributed by atoms with Gasteiger partial charge >= 0.3 is 12.1 Å². The van der Waals surface area contributed by atoms with Crippen LogP contribution in [0.1, 0.15) is 75.1 Å². The third-order valence-corrected chi connectivity index (χ3v) is 5.50. The first-order chi connectivity index (χ1) is 13.5. The number of esters is 1. The van der Waals surface area contributed by atoms with E-state index in [9.17, 15) is 14.4 Å². The van der Waals surface area contributed by atoms with Crippen molar-refractivity contribution in [2.24, 2.45) is 0 Å². The number of carbonyl (C=O) groups is 3. The Labute approximate surface area is 173 Å². The molecule has 0 bridgehead atoms. The number of hydrogen-bond donors (Lipinski definition) is 0. The molecule has 0 spiro atoms. The van der Waals surface area contributed by atoms with Crippen molar-refractivity contribution in [3.8, 4) is 0 Å². The van der Waals surface area contributed by atoms with Gasteiger partial charge in [-0.3, -0.25) is 9.59 Å². The summed E-state index contributed by atoms with van der Waals surface area (Å²) in [5.41, 5.74) is 3.51. The molecule has 0 aromatic heterocycles. The number of amides is 2. The fourth-order valence-electron chi connectivity index (χ4n) is 3.62. The Balaban J connectivity index is 2.35. The highest BCUT2D eigenvalue weighted by Crippen LogP contribution is 2.32. The van der Waals surface area contributed by atoms with Crippen LogP contribution in [0.15, 0.2) is 12.1 Å². The zero-order chi connectivity index (χ0) is 21.9. The van der Waals surface area contributed by atoms with Crippen LogP contribution in [0.25, 0.3) is 0 Å². The second-order valence-electron chi connectivity index (χ2n) is 8.75. The SMILES string of the molecule is CC[C@H]1COC(=O)N1C(=O)[C@@H](CCC(=O)OC(C)(C)C)c1ccc(C)c(C)c1C. The summed E-state index contributed by atoms with van der Waals surface area (Å²) in [7, 11) is 0. The Morgan fingerprint density at radius 1 is 1.21 bits per heavy atom. The average Bonchev–Trinajstić information content (AvgIpc) is 3.00. The number of imide groups is 1. The van der Waals surface area contributed by atoms with E-state index in [0.29, 0.717) is 6.42 Å². The van der Waals surface area contributed by atoms with Crippen LogP contribution in [0.5, 0.6) is 0 Å². The monoisotopic (exact) mass is 403 g/mol. The van der Waals surface area contributed by atoms with Gasteiger partial charge in [0.25, 0.3) is 0 Å². The van der Waals surface area contributed by atoms with E-state index in [1.54, 1.807) is 0 Å². The number of cyclic esters (lactones) is 1. The van der Waals surface area contributed by atoms with Crippen molar-refractivity contribution < 1.29 is 23.9 Å². The summed E-state index contributed by atoms with van der Waals surface area (Å²) in [6, 6.07) is 3.63. The Morgan fingerprint density at radius 2 is 1.86 bits per heavy atom. The van der Waals surface area contributed by atoms with E-state index in [1.807, 2.05) is 60.6 Å². The van der Waals surface area contributed by atoms with Gasteiger partial charge in [-0.05, 0) is 76.6 Å². The van der Waals surface area contributed by atoms with Crippen LogP contribution in [0, 0.1) is 20.8 Å². The highest BCUT2D eigenvalue weighted by atomic mass is 16.6. The molecule has 0 unspecified atom stereocenters. The minimum atomic E-state index is -0.610. The maximum atomic E-state index is 13.4. The van der Waals surface area contributed by atoms with Crippen LogP contribution in [0.3, 0.4) is 0 Å². The molecule has 2 atom stereocenters. The summed E-state index contributed by atoms with van der Waals surface area (Å²) < 4.78 is 10.5. The van der Waals surface area contributed by atoms with Gasteiger partial charge in [0.05, 0.1) is 12.0 Å². The summed E-state index contributed by atoms with van der Waals surface area (Å²) in [5.74, 6) is -1.27. The van der Waals surface area contributed by atoms with E-state index in [4.69, 9.17) is 9.47 Å². The van der Waals surface area contributed by atoms with Crippen molar-refractivity contribution in [3.63, 3.8) is 0 Å². The summed E-state index contributed by atoms with van der Waals surface area (Å²) in [6.07, 6.45) is 0.393. The number of benzene rings is 1. The van der Waals surface area contributed by atoms with Gasteiger partial charge in [0.15, 0.2) is 0 Å². The number of nitrogens with zero attached hydrogens (tertiary/aromatic N) is 1. The molecule has 0 radical (unpaired) electrons. The molecule has 160 valence electrons. The lowest BCUT2D eigenvalue weighted by molar-refractivity contribution is -0.155. The van der Waals surface area contributed by atoms with Crippen LogP contribution in [0.2, 0.25) is 0 Å². The largest absolute Gasteiger partial charge is 0.460 e. The van der Waals surface area contributed by atoms with E-state index in [2.05, 4.69) is 0 Å². The molecule has 1 aromatic carbocycles. The molecule has 29 heavy (non-hydrogen) atoms. The zero-order valence-corrected chi connectivity index (χ0v) is 18.6. The molecular weight excluding hydrogens is 370 g/mol. The lowest BCUT2D eigenvalue weighted by atomic mass is 9.86. The molecule has 1 heterocycles. The van der Waals surface area contributed by atoms with Gasteiger partial charge in [-0.25, -0.2) is 9.69 Å². The molecule has 1 aromatic rings. The quantitative estimate of drug-likeness (QED) is 0.650. The minimum absolute atomic E-state index is 0.0969. The van der Waals surface area contributed by atoms with E-state index in [0.717, 1.165) is 22.3 Å². The van der Waals surface area contributed by atoms with Gasteiger partial charge in [0, 0.05) is 6.42 Å². The van der Waals surface area contributed by atoms with Crippen molar-refractivity contribution >= 4 is 18.0 Å². The van der Waals surface area contributed by atoms with Gasteiger partial charge in [-0.2, -0.15) is 0 Å². The lowest BCUT2D eigenvalue weighted by Crippen LogP contribution is -2.42. The van der Waals surface area contributed by atoms with Crippen LogP contribution >= 0.6 is 0 Å². The molecule has 0 N–H and O–H groups in total. The molecular formula is C23H33NO5. The molecule has 1 saturated heterocycles. The molecule has 0 aliphatic carbocycles. The summed E-state index contributed by atoms with van der Waals surface area (Å²) in [5, 5.41) is 0. The molecule has 6 heteroatoms. The maximum Gasteiger partial charge on any atom is 0.416 e. The van der Waals surface area contributed by atoms with Crippen molar-refractivity contribution in [1.29, 1.82) is 0 Å². The van der Waals surface area contributed by atoms with E-state index in [1.165, 1.54) is 4.90 Å². The molecule has 1 aliphatic heterocycles.